The molecule has 1 aliphatic rings. The largest absolute Gasteiger partial charge is 0.376 e. The molecule has 1 aromatic rings. The molecule has 96 valence electrons. The van der Waals surface area contributed by atoms with Crippen LogP contribution in [-0.2, 0) is 0 Å². The molecule has 0 saturated carbocycles. The van der Waals surface area contributed by atoms with Gasteiger partial charge in [0.2, 0.25) is 0 Å². The third-order valence-corrected chi connectivity index (χ3v) is 3.11. The second-order valence-electron chi connectivity index (χ2n) is 5.38. The maximum absolute atomic E-state index is 11.9. The van der Waals surface area contributed by atoms with Crippen LogP contribution in [-0.4, -0.2) is 11.4 Å². The summed E-state index contributed by atoms with van der Waals surface area (Å²) in [5.74, 6) is 4.98. The summed E-state index contributed by atoms with van der Waals surface area (Å²) in [6.45, 7) is 8.18. The van der Waals surface area contributed by atoms with Gasteiger partial charge in [-0.2, -0.15) is 0 Å². The average molecular weight is 245 g/mol. The van der Waals surface area contributed by atoms with Crippen molar-refractivity contribution in [2.24, 2.45) is 5.84 Å². The van der Waals surface area contributed by atoms with Gasteiger partial charge < -0.3 is 5.32 Å². The van der Waals surface area contributed by atoms with E-state index < -0.39 is 0 Å². The first-order valence-electron chi connectivity index (χ1n) is 5.97. The molecule has 1 aromatic carbocycles. The van der Waals surface area contributed by atoms with Gasteiger partial charge in [0.05, 0.1) is 16.8 Å². The molecule has 1 amide bonds. The minimum absolute atomic E-state index is 0.171. The Bertz CT molecular complexity index is 544. The molecule has 0 radical (unpaired) electrons. The topological polar surface area (TPSA) is 67.2 Å². The standard InChI is InChI=1S/C14H19N3O/c1-8-5-10-9(2)7-14(3,4)16-12(10)11(6-8)13(18)17-15/h5-7,16H,15H2,1-4H3,(H,17,18). The summed E-state index contributed by atoms with van der Waals surface area (Å²) < 4.78 is 0. The van der Waals surface area contributed by atoms with Gasteiger partial charge in [-0.3, -0.25) is 10.2 Å². The summed E-state index contributed by atoms with van der Waals surface area (Å²) >= 11 is 0. The number of carbonyl (C=O) groups is 1. The molecule has 18 heavy (non-hydrogen) atoms. The summed E-state index contributed by atoms with van der Waals surface area (Å²) in [6, 6.07) is 3.93. The van der Waals surface area contributed by atoms with Crippen LogP contribution in [0.5, 0.6) is 0 Å². The zero-order valence-electron chi connectivity index (χ0n) is 11.2. The molecule has 0 spiro atoms. The molecule has 4 N–H and O–H groups in total. The number of anilines is 1. The molecule has 0 aromatic heterocycles. The number of nitrogens with one attached hydrogen (secondary N) is 2. The van der Waals surface area contributed by atoms with Crippen LogP contribution in [0.4, 0.5) is 5.69 Å². The Morgan fingerprint density at radius 2 is 2.00 bits per heavy atom. The van der Waals surface area contributed by atoms with Gasteiger partial charge in [-0.15, -0.1) is 0 Å². The molecule has 0 aliphatic carbocycles. The van der Waals surface area contributed by atoms with E-state index >= 15 is 0 Å². The van der Waals surface area contributed by atoms with Crippen molar-refractivity contribution in [1.82, 2.24) is 5.43 Å². The van der Waals surface area contributed by atoms with Crippen molar-refractivity contribution >= 4 is 17.2 Å². The summed E-state index contributed by atoms with van der Waals surface area (Å²) in [4.78, 5) is 11.9. The average Bonchev–Trinajstić information content (AvgIpc) is 2.27. The molecule has 0 fully saturated rings. The van der Waals surface area contributed by atoms with Gasteiger partial charge in [-0.05, 0) is 51.0 Å². The lowest BCUT2D eigenvalue weighted by atomic mass is 9.88. The van der Waals surface area contributed by atoms with Crippen molar-refractivity contribution in [2.75, 3.05) is 5.32 Å². The van der Waals surface area contributed by atoms with E-state index in [0.29, 0.717) is 5.56 Å². The number of nitrogen functional groups attached to an aromatic ring is 1. The number of benzene rings is 1. The van der Waals surface area contributed by atoms with Crippen LogP contribution >= 0.6 is 0 Å². The monoisotopic (exact) mass is 245 g/mol. The Kier molecular flexibility index (Phi) is 2.91. The van der Waals surface area contributed by atoms with E-state index in [0.717, 1.165) is 16.8 Å². The molecule has 4 nitrogen and oxygen atoms in total. The van der Waals surface area contributed by atoms with Crippen molar-refractivity contribution < 1.29 is 4.79 Å². The molecule has 0 saturated heterocycles. The highest BCUT2D eigenvalue weighted by molar-refractivity contribution is 6.03. The molecule has 4 heteroatoms. The molecule has 0 unspecified atom stereocenters. The fourth-order valence-corrected chi connectivity index (χ4v) is 2.47. The van der Waals surface area contributed by atoms with Gasteiger partial charge in [-0.1, -0.05) is 6.08 Å². The first kappa shape index (κ1) is 12.6. The van der Waals surface area contributed by atoms with Crippen LogP contribution in [0.15, 0.2) is 18.2 Å². The van der Waals surface area contributed by atoms with Gasteiger partial charge >= 0.3 is 0 Å². The number of carbonyl (C=O) groups excluding carboxylic acids is 1. The molecule has 1 aliphatic heterocycles. The van der Waals surface area contributed by atoms with Gasteiger partial charge in [0.25, 0.3) is 5.91 Å². The fourth-order valence-electron chi connectivity index (χ4n) is 2.47. The molecular formula is C14H19N3O. The zero-order valence-corrected chi connectivity index (χ0v) is 11.2. The quantitative estimate of drug-likeness (QED) is 0.404. The number of rotatable bonds is 1. The van der Waals surface area contributed by atoms with E-state index in [-0.39, 0.29) is 11.4 Å². The molecule has 0 bridgehead atoms. The lowest BCUT2D eigenvalue weighted by Gasteiger charge is -2.33. The van der Waals surface area contributed by atoms with Crippen LogP contribution in [0.1, 0.15) is 42.3 Å². The molecule has 2 rings (SSSR count). The SMILES string of the molecule is CC1=CC(C)(C)Nc2c(C(=O)NN)cc(C)cc21. The van der Waals surface area contributed by atoms with Crippen LogP contribution < -0.4 is 16.6 Å². The predicted octanol–water partition coefficient (Wildman–Crippen LogP) is 2.21. The number of fused-ring (bicyclic) bond motifs is 1. The first-order chi connectivity index (χ1) is 8.34. The number of nitrogens with two attached hydrogens (primary N) is 1. The summed E-state index contributed by atoms with van der Waals surface area (Å²) in [5, 5.41) is 3.38. The van der Waals surface area contributed by atoms with Crippen molar-refractivity contribution in [2.45, 2.75) is 33.2 Å². The van der Waals surface area contributed by atoms with Crippen LogP contribution in [0.3, 0.4) is 0 Å². The van der Waals surface area contributed by atoms with E-state index in [1.807, 2.05) is 13.0 Å². The first-order valence-corrected chi connectivity index (χ1v) is 5.97. The number of hydrogen-bond donors (Lipinski definition) is 3. The second-order valence-corrected chi connectivity index (χ2v) is 5.38. The fraction of sp³-hybridized carbons (Fsp3) is 0.357. The third kappa shape index (κ3) is 2.11. The Hall–Kier alpha value is -1.81. The maximum atomic E-state index is 11.9. The lowest BCUT2D eigenvalue weighted by Crippen LogP contribution is -2.35. The number of aryl methyl sites for hydroxylation is 1. The van der Waals surface area contributed by atoms with Crippen molar-refractivity contribution in [3.63, 3.8) is 0 Å². The Morgan fingerprint density at radius 1 is 1.33 bits per heavy atom. The van der Waals surface area contributed by atoms with Crippen LogP contribution in [0, 0.1) is 6.92 Å². The predicted molar refractivity (Wildman–Crippen MR) is 74.2 cm³/mol. The smallest absolute Gasteiger partial charge is 0.267 e. The number of allylic oxidation sites excluding steroid dienone is 1. The minimum atomic E-state index is -0.270. The zero-order chi connectivity index (χ0) is 13.5. The Morgan fingerprint density at radius 3 is 2.61 bits per heavy atom. The summed E-state index contributed by atoms with van der Waals surface area (Å²) in [7, 11) is 0. The third-order valence-electron chi connectivity index (χ3n) is 3.11. The molecule has 1 heterocycles. The van der Waals surface area contributed by atoms with Gasteiger partial charge in [0, 0.05) is 5.56 Å². The minimum Gasteiger partial charge on any atom is -0.376 e. The van der Waals surface area contributed by atoms with Crippen molar-refractivity contribution in [1.29, 1.82) is 0 Å². The van der Waals surface area contributed by atoms with E-state index in [1.54, 1.807) is 0 Å². The van der Waals surface area contributed by atoms with Gasteiger partial charge in [0.1, 0.15) is 0 Å². The number of hydrazine groups is 1. The van der Waals surface area contributed by atoms with Gasteiger partial charge in [0.15, 0.2) is 0 Å². The van der Waals surface area contributed by atoms with E-state index in [9.17, 15) is 4.79 Å². The highest BCUT2D eigenvalue weighted by Crippen LogP contribution is 2.36. The molecule has 0 atom stereocenters. The van der Waals surface area contributed by atoms with Gasteiger partial charge in [-0.25, -0.2) is 5.84 Å². The van der Waals surface area contributed by atoms with Crippen LogP contribution in [0.2, 0.25) is 0 Å². The van der Waals surface area contributed by atoms with Crippen molar-refractivity contribution in [3.05, 3.63) is 34.9 Å². The van der Waals surface area contributed by atoms with E-state index in [1.165, 1.54) is 5.57 Å². The van der Waals surface area contributed by atoms with Crippen LogP contribution in [0.25, 0.3) is 5.57 Å². The summed E-state index contributed by atoms with van der Waals surface area (Å²) in [5.41, 5.74) is 6.75. The second kappa shape index (κ2) is 4.14. The normalized spacial score (nSPS) is 16.4. The Labute approximate surface area is 107 Å². The lowest BCUT2D eigenvalue weighted by molar-refractivity contribution is 0.0954. The number of amides is 1. The maximum Gasteiger partial charge on any atom is 0.267 e. The van der Waals surface area contributed by atoms with E-state index in [2.05, 4.69) is 43.7 Å². The summed E-state index contributed by atoms with van der Waals surface area (Å²) in [6.07, 6.45) is 2.17. The van der Waals surface area contributed by atoms with E-state index in [4.69, 9.17) is 5.84 Å². The molecular weight excluding hydrogens is 226 g/mol. The Balaban J connectivity index is 2.67. The highest BCUT2D eigenvalue weighted by Gasteiger charge is 2.26. The van der Waals surface area contributed by atoms with Crippen molar-refractivity contribution in [3.8, 4) is 0 Å². The highest BCUT2D eigenvalue weighted by atomic mass is 16.2. The number of hydrogen-bond acceptors (Lipinski definition) is 3.